The van der Waals surface area contributed by atoms with E-state index >= 15 is 0 Å². The topological polar surface area (TPSA) is 46.3 Å². The number of hydrogen-bond donors (Lipinski definition) is 0. The first-order chi connectivity index (χ1) is 11.1. The number of hydrogen-bond acceptors (Lipinski definition) is 3. The summed E-state index contributed by atoms with van der Waals surface area (Å²) < 4.78 is 5.02. The van der Waals surface area contributed by atoms with Crippen molar-refractivity contribution in [3.63, 3.8) is 0 Å². The van der Waals surface area contributed by atoms with Gasteiger partial charge in [-0.15, -0.1) is 0 Å². The standard InChI is InChI=1S/C19H24N2O2/c1-14-6-3-4-8-17(14)10-9-16-7-5-11-21(13-16)19(22)18-12-15(2)23-20-18/h3-4,6,8,12,16H,5,7,9-11,13H2,1-2H3. The van der Waals surface area contributed by atoms with E-state index in [4.69, 9.17) is 4.52 Å². The van der Waals surface area contributed by atoms with E-state index < -0.39 is 0 Å². The predicted octanol–water partition coefficient (Wildman–Crippen LogP) is 3.78. The molecule has 1 aliphatic rings. The highest BCUT2D eigenvalue weighted by molar-refractivity contribution is 5.92. The fourth-order valence-electron chi connectivity index (χ4n) is 3.36. The minimum absolute atomic E-state index is 0.00226. The van der Waals surface area contributed by atoms with Crippen LogP contribution in [0, 0.1) is 19.8 Å². The number of piperidine rings is 1. The van der Waals surface area contributed by atoms with E-state index in [0.717, 1.165) is 32.4 Å². The molecule has 0 bridgehead atoms. The maximum atomic E-state index is 12.5. The van der Waals surface area contributed by atoms with Crippen molar-refractivity contribution in [1.82, 2.24) is 10.1 Å². The summed E-state index contributed by atoms with van der Waals surface area (Å²) in [6.45, 7) is 5.63. The fourth-order valence-corrected chi connectivity index (χ4v) is 3.36. The molecule has 0 saturated carbocycles. The molecule has 1 saturated heterocycles. The molecule has 1 atom stereocenters. The molecule has 0 spiro atoms. The molecule has 0 radical (unpaired) electrons. The van der Waals surface area contributed by atoms with Crippen molar-refractivity contribution in [2.75, 3.05) is 13.1 Å². The van der Waals surface area contributed by atoms with Crippen molar-refractivity contribution in [3.8, 4) is 0 Å². The van der Waals surface area contributed by atoms with Gasteiger partial charge >= 0.3 is 0 Å². The van der Waals surface area contributed by atoms with Crippen molar-refractivity contribution >= 4 is 5.91 Å². The highest BCUT2D eigenvalue weighted by atomic mass is 16.5. The summed E-state index contributed by atoms with van der Waals surface area (Å²) >= 11 is 0. The molecule has 4 nitrogen and oxygen atoms in total. The van der Waals surface area contributed by atoms with Crippen LogP contribution >= 0.6 is 0 Å². The molecule has 122 valence electrons. The molecular weight excluding hydrogens is 288 g/mol. The number of carbonyl (C=O) groups is 1. The summed E-state index contributed by atoms with van der Waals surface area (Å²) in [5, 5.41) is 3.85. The molecule has 2 aromatic rings. The summed E-state index contributed by atoms with van der Waals surface area (Å²) in [6, 6.07) is 10.3. The molecule has 23 heavy (non-hydrogen) atoms. The summed E-state index contributed by atoms with van der Waals surface area (Å²) in [7, 11) is 0. The Morgan fingerprint density at radius 3 is 2.91 bits per heavy atom. The lowest BCUT2D eigenvalue weighted by molar-refractivity contribution is 0.0658. The van der Waals surface area contributed by atoms with E-state index in [-0.39, 0.29) is 5.91 Å². The molecule has 1 amide bonds. The Morgan fingerprint density at radius 1 is 1.35 bits per heavy atom. The smallest absolute Gasteiger partial charge is 0.276 e. The van der Waals surface area contributed by atoms with Gasteiger partial charge in [-0.2, -0.15) is 0 Å². The highest BCUT2D eigenvalue weighted by Gasteiger charge is 2.26. The maximum Gasteiger partial charge on any atom is 0.276 e. The largest absolute Gasteiger partial charge is 0.361 e. The molecule has 0 aliphatic carbocycles. The Balaban J connectivity index is 1.58. The van der Waals surface area contributed by atoms with Gasteiger partial charge in [-0.05, 0) is 56.6 Å². The third kappa shape index (κ3) is 3.81. The minimum atomic E-state index is 0.00226. The zero-order chi connectivity index (χ0) is 16.2. The SMILES string of the molecule is Cc1cc(C(=O)N2CCCC(CCc3ccccc3C)C2)no1. The molecule has 2 heterocycles. The van der Waals surface area contributed by atoms with E-state index in [9.17, 15) is 4.79 Å². The van der Waals surface area contributed by atoms with Crippen LogP contribution < -0.4 is 0 Å². The fraction of sp³-hybridized carbons (Fsp3) is 0.474. The Hall–Kier alpha value is -2.10. The van der Waals surface area contributed by atoms with Crippen LogP contribution in [0.3, 0.4) is 0 Å². The van der Waals surface area contributed by atoms with Gasteiger partial charge in [-0.25, -0.2) is 0 Å². The summed E-state index contributed by atoms with van der Waals surface area (Å²) in [4.78, 5) is 14.4. The van der Waals surface area contributed by atoms with Crippen LogP contribution in [0.5, 0.6) is 0 Å². The van der Waals surface area contributed by atoms with Crippen LogP contribution in [0.25, 0.3) is 0 Å². The van der Waals surface area contributed by atoms with E-state index in [2.05, 4.69) is 36.3 Å². The number of aryl methyl sites for hydroxylation is 3. The van der Waals surface area contributed by atoms with Gasteiger partial charge in [0, 0.05) is 19.2 Å². The lowest BCUT2D eigenvalue weighted by Gasteiger charge is -2.32. The van der Waals surface area contributed by atoms with Crippen LogP contribution in [0.1, 0.15) is 46.6 Å². The second-order valence-corrected chi connectivity index (χ2v) is 6.55. The number of rotatable bonds is 4. The first kappa shape index (κ1) is 15.8. The zero-order valence-electron chi connectivity index (χ0n) is 13.9. The molecule has 4 heteroatoms. The molecule has 0 N–H and O–H groups in total. The molecule has 1 unspecified atom stereocenters. The molecule has 1 aromatic heterocycles. The van der Waals surface area contributed by atoms with Crippen molar-refractivity contribution in [2.24, 2.45) is 5.92 Å². The van der Waals surface area contributed by atoms with Crippen LogP contribution in [0.2, 0.25) is 0 Å². The lowest BCUT2D eigenvalue weighted by Crippen LogP contribution is -2.40. The number of nitrogens with zero attached hydrogens (tertiary/aromatic N) is 2. The molecule has 3 rings (SSSR count). The van der Waals surface area contributed by atoms with Crippen molar-refractivity contribution < 1.29 is 9.32 Å². The van der Waals surface area contributed by atoms with Crippen LogP contribution in [-0.2, 0) is 6.42 Å². The number of benzene rings is 1. The maximum absolute atomic E-state index is 12.5. The van der Waals surface area contributed by atoms with Crippen molar-refractivity contribution in [3.05, 3.63) is 52.9 Å². The van der Waals surface area contributed by atoms with Gasteiger partial charge in [-0.3, -0.25) is 4.79 Å². The van der Waals surface area contributed by atoms with Gasteiger partial charge in [0.25, 0.3) is 5.91 Å². The van der Waals surface area contributed by atoms with Gasteiger partial charge in [0.05, 0.1) is 0 Å². The number of carbonyl (C=O) groups excluding carboxylic acids is 1. The monoisotopic (exact) mass is 312 g/mol. The minimum Gasteiger partial charge on any atom is -0.361 e. The molecule has 1 aromatic carbocycles. The summed E-state index contributed by atoms with van der Waals surface area (Å²) in [5.41, 5.74) is 3.21. The average molecular weight is 312 g/mol. The summed E-state index contributed by atoms with van der Waals surface area (Å²) in [6.07, 6.45) is 4.49. The first-order valence-electron chi connectivity index (χ1n) is 8.40. The normalized spacial score (nSPS) is 18.2. The van der Waals surface area contributed by atoms with Gasteiger partial charge in [0.1, 0.15) is 5.76 Å². The van der Waals surface area contributed by atoms with Gasteiger partial charge in [0.15, 0.2) is 5.69 Å². The van der Waals surface area contributed by atoms with Crippen molar-refractivity contribution in [1.29, 1.82) is 0 Å². The Bertz CT molecular complexity index is 678. The van der Waals surface area contributed by atoms with Crippen molar-refractivity contribution in [2.45, 2.75) is 39.5 Å². The van der Waals surface area contributed by atoms with E-state index in [1.165, 1.54) is 17.5 Å². The molecular formula is C19H24N2O2. The number of amides is 1. The third-order valence-corrected chi connectivity index (χ3v) is 4.74. The number of aromatic nitrogens is 1. The third-order valence-electron chi connectivity index (χ3n) is 4.74. The van der Waals surface area contributed by atoms with E-state index in [1.807, 2.05) is 11.8 Å². The Kier molecular flexibility index (Phi) is 4.79. The summed E-state index contributed by atoms with van der Waals surface area (Å²) in [5.74, 6) is 1.25. The lowest BCUT2D eigenvalue weighted by atomic mass is 9.90. The quantitative estimate of drug-likeness (QED) is 0.863. The van der Waals surface area contributed by atoms with Gasteiger partial charge < -0.3 is 9.42 Å². The average Bonchev–Trinajstić information content (AvgIpc) is 3.00. The van der Waals surface area contributed by atoms with Gasteiger partial charge in [-0.1, -0.05) is 29.4 Å². The Labute approximate surface area is 137 Å². The number of likely N-dealkylation sites (tertiary alicyclic amines) is 1. The van der Waals surface area contributed by atoms with E-state index in [0.29, 0.717) is 17.4 Å². The van der Waals surface area contributed by atoms with Crippen LogP contribution in [-0.4, -0.2) is 29.1 Å². The van der Waals surface area contributed by atoms with E-state index in [1.54, 1.807) is 6.07 Å². The second-order valence-electron chi connectivity index (χ2n) is 6.55. The first-order valence-corrected chi connectivity index (χ1v) is 8.40. The second kappa shape index (κ2) is 6.99. The highest BCUT2D eigenvalue weighted by Crippen LogP contribution is 2.23. The predicted molar refractivity (Wildman–Crippen MR) is 89.4 cm³/mol. The molecule has 1 fully saturated rings. The molecule has 1 aliphatic heterocycles. The van der Waals surface area contributed by atoms with Crippen LogP contribution in [0.4, 0.5) is 0 Å². The zero-order valence-corrected chi connectivity index (χ0v) is 13.9. The van der Waals surface area contributed by atoms with Gasteiger partial charge in [0.2, 0.25) is 0 Å². The van der Waals surface area contributed by atoms with Crippen LogP contribution in [0.15, 0.2) is 34.9 Å². The Morgan fingerprint density at radius 2 is 2.17 bits per heavy atom.